The minimum Gasteiger partial charge on any atom is -0.377 e. The van der Waals surface area contributed by atoms with Crippen LogP contribution in [0.4, 0.5) is 0 Å². The SMILES string of the molecule is CCOCc1ccccc1CNCc1cncn1C. The Hall–Kier alpha value is -1.65. The van der Waals surface area contributed by atoms with Gasteiger partial charge in [0.25, 0.3) is 0 Å². The molecule has 1 heterocycles. The number of aromatic nitrogens is 2. The molecule has 19 heavy (non-hydrogen) atoms. The summed E-state index contributed by atoms with van der Waals surface area (Å²) in [6.45, 7) is 5.11. The zero-order chi connectivity index (χ0) is 13.5. The number of hydrogen-bond acceptors (Lipinski definition) is 3. The minimum atomic E-state index is 0.681. The van der Waals surface area contributed by atoms with Gasteiger partial charge < -0.3 is 14.6 Å². The van der Waals surface area contributed by atoms with Crippen LogP contribution in [0.25, 0.3) is 0 Å². The third kappa shape index (κ3) is 3.91. The number of hydrogen-bond donors (Lipinski definition) is 1. The van der Waals surface area contributed by atoms with E-state index >= 15 is 0 Å². The smallest absolute Gasteiger partial charge is 0.0945 e. The molecule has 0 aliphatic heterocycles. The standard InChI is InChI=1S/C15H21N3O/c1-3-19-11-14-7-5-4-6-13(14)8-16-9-15-10-17-12-18(15)2/h4-7,10,12,16H,3,8-9,11H2,1-2H3. The third-order valence-corrected chi connectivity index (χ3v) is 3.12. The molecule has 1 aromatic heterocycles. The molecule has 0 bridgehead atoms. The van der Waals surface area contributed by atoms with E-state index in [9.17, 15) is 0 Å². The lowest BCUT2D eigenvalue weighted by Crippen LogP contribution is -2.16. The average molecular weight is 259 g/mol. The topological polar surface area (TPSA) is 39.1 Å². The van der Waals surface area contributed by atoms with Gasteiger partial charge in [0.05, 0.1) is 18.6 Å². The van der Waals surface area contributed by atoms with Gasteiger partial charge in [-0.2, -0.15) is 0 Å². The third-order valence-electron chi connectivity index (χ3n) is 3.12. The Morgan fingerprint density at radius 2 is 2.00 bits per heavy atom. The van der Waals surface area contributed by atoms with E-state index in [2.05, 4.69) is 34.6 Å². The molecule has 0 unspecified atom stereocenters. The first kappa shape index (κ1) is 13.8. The van der Waals surface area contributed by atoms with Crippen molar-refractivity contribution in [2.75, 3.05) is 6.61 Å². The summed E-state index contributed by atoms with van der Waals surface area (Å²) >= 11 is 0. The fourth-order valence-corrected chi connectivity index (χ4v) is 1.96. The molecular formula is C15H21N3O. The second-order valence-electron chi connectivity index (χ2n) is 4.51. The van der Waals surface area contributed by atoms with Gasteiger partial charge in [-0.1, -0.05) is 24.3 Å². The first-order valence-corrected chi connectivity index (χ1v) is 6.61. The molecule has 0 amide bonds. The van der Waals surface area contributed by atoms with Crippen LogP contribution in [0, 0.1) is 0 Å². The van der Waals surface area contributed by atoms with Crippen molar-refractivity contribution in [2.45, 2.75) is 26.6 Å². The van der Waals surface area contributed by atoms with Crippen molar-refractivity contribution < 1.29 is 4.74 Å². The maximum absolute atomic E-state index is 5.49. The Bertz CT molecular complexity index is 508. The van der Waals surface area contributed by atoms with E-state index < -0.39 is 0 Å². The molecule has 2 aromatic rings. The molecule has 0 spiro atoms. The van der Waals surface area contributed by atoms with Crippen molar-refractivity contribution in [3.8, 4) is 0 Å². The molecule has 0 saturated carbocycles. The Balaban J connectivity index is 1.90. The second-order valence-corrected chi connectivity index (χ2v) is 4.51. The zero-order valence-electron chi connectivity index (χ0n) is 11.6. The molecule has 0 aliphatic rings. The van der Waals surface area contributed by atoms with Gasteiger partial charge in [0.1, 0.15) is 0 Å². The highest BCUT2D eigenvalue weighted by atomic mass is 16.5. The summed E-state index contributed by atoms with van der Waals surface area (Å²) in [5.41, 5.74) is 3.72. The van der Waals surface area contributed by atoms with Crippen LogP contribution in [0.15, 0.2) is 36.8 Å². The van der Waals surface area contributed by atoms with Crippen molar-refractivity contribution in [2.24, 2.45) is 7.05 Å². The van der Waals surface area contributed by atoms with Crippen LogP contribution in [0.5, 0.6) is 0 Å². The van der Waals surface area contributed by atoms with Crippen molar-refractivity contribution in [3.05, 3.63) is 53.6 Å². The van der Waals surface area contributed by atoms with Gasteiger partial charge in [-0.25, -0.2) is 4.98 Å². The largest absolute Gasteiger partial charge is 0.377 e. The molecule has 2 rings (SSSR count). The van der Waals surface area contributed by atoms with Crippen molar-refractivity contribution in [1.29, 1.82) is 0 Å². The number of aryl methyl sites for hydroxylation is 1. The van der Waals surface area contributed by atoms with Crippen LogP contribution in [0.2, 0.25) is 0 Å². The number of benzene rings is 1. The number of rotatable bonds is 7. The molecular weight excluding hydrogens is 238 g/mol. The number of nitrogens with one attached hydrogen (secondary N) is 1. The Labute approximate surface area is 114 Å². The lowest BCUT2D eigenvalue weighted by Gasteiger charge is -2.10. The predicted octanol–water partition coefficient (Wildman–Crippen LogP) is 2.25. The number of imidazole rings is 1. The monoisotopic (exact) mass is 259 g/mol. The summed E-state index contributed by atoms with van der Waals surface area (Å²) in [5, 5.41) is 3.45. The van der Waals surface area contributed by atoms with Gasteiger partial charge in [0.2, 0.25) is 0 Å². The maximum atomic E-state index is 5.49. The second kappa shape index (κ2) is 7.07. The summed E-state index contributed by atoms with van der Waals surface area (Å²) in [5.74, 6) is 0. The van der Waals surface area contributed by atoms with Crippen LogP contribution in [0.3, 0.4) is 0 Å². The van der Waals surface area contributed by atoms with Crippen molar-refractivity contribution in [3.63, 3.8) is 0 Å². The van der Waals surface area contributed by atoms with Crippen LogP contribution in [-0.2, 0) is 31.5 Å². The normalized spacial score (nSPS) is 10.8. The quantitative estimate of drug-likeness (QED) is 0.829. The lowest BCUT2D eigenvalue weighted by molar-refractivity contribution is 0.133. The fourth-order valence-electron chi connectivity index (χ4n) is 1.96. The van der Waals surface area contributed by atoms with Crippen LogP contribution >= 0.6 is 0 Å². The lowest BCUT2D eigenvalue weighted by atomic mass is 10.1. The molecule has 1 N–H and O–H groups in total. The molecule has 4 nitrogen and oxygen atoms in total. The fraction of sp³-hybridized carbons (Fsp3) is 0.400. The molecule has 0 saturated heterocycles. The summed E-state index contributed by atoms with van der Waals surface area (Å²) < 4.78 is 7.52. The van der Waals surface area contributed by atoms with E-state index in [0.717, 1.165) is 19.7 Å². The van der Waals surface area contributed by atoms with E-state index in [1.54, 1.807) is 0 Å². The summed E-state index contributed by atoms with van der Waals surface area (Å²) in [7, 11) is 2.01. The van der Waals surface area contributed by atoms with Gasteiger partial charge in [-0.3, -0.25) is 0 Å². The van der Waals surface area contributed by atoms with E-state index in [0.29, 0.717) is 6.61 Å². The molecule has 0 radical (unpaired) electrons. The highest BCUT2D eigenvalue weighted by Gasteiger charge is 2.02. The van der Waals surface area contributed by atoms with Crippen LogP contribution in [0.1, 0.15) is 23.7 Å². The van der Waals surface area contributed by atoms with Crippen molar-refractivity contribution in [1.82, 2.24) is 14.9 Å². The maximum Gasteiger partial charge on any atom is 0.0945 e. The van der Waals surface area contributed by atoms with Gasteiger partial charge >= 0.3 is 0 Å². The van der Waals surface area contributed by atoms with E-state index in [-0.39, 0.29) is 0 Å². The van der Waals surface area contributed by atoms with Crippen LogP contribution in [-0.4, -0.2) is 16.2 Å². The average Bonchev–Trinajstić information content (AvgIpc) is 2.83. The molecule has 4 heteroatoms. The van der Waals surface area contributed by atoms with Gasteiger partial charge in [0, 0.05) is 32.9 Å². The van der Waals surface area contributed by atoms with E-state index in [1.165, 1.54) is 16.8 Å². The molecule has 0 aliphatic carbocycles. The van der Waals surface area contributed by atoms with Gasteiger partial charge in [-0.15, -0.1) is 0 Å². The molecule has 102 valence electrons. The van der Waals surface area contributed by atoms with E-state index in [4.69, 9.17) is 4.74 Å². The van der Waals surface area contributed by atoms with E-state index in [1.807, 2.05) is 31.1 Å². The highest BCUT2D eigenvalue weighted by molar-refractivity contribution is 5.26. The Morgan fingerprint density at radius 3 is 2.68 bits per heavy atom. The molecule has 0 atom stereocenters. The van der Waals surface area contributed by atoms with Crippen LogP contribution < -0.4 is 5.32 Å². The molecule has 1 aromatic carbocycles. The highest BCUT2D eigenvalue weighted by Crippen LogP contribution is 2.10. The molecule has 0 fully saturated rings. The summed E-state index contributed by atoms with van der Waals surface area (Å²) in [6.07, 6.45) is 3.71. The number of ether oxygens (including phenoxy) is 1. The summed E-state index contributed by atoms with van der Waals surface area (Å²) in [6, 6.07) is 8.39. The predicted molar refractivity (Wildman–Crippen MR) is 75.5 cm³/mol. The Morgan fingerprint density at radius 1 is 1.21 bits per heavy atom. The number of nitrogens with zero attached hydrogens (tertiary/aromatic N) is 2. The van der Waals surface area contributed by atoms with Gasteiger partial charge in [0.15, 0.2) is 0 Å². The van der Waals surface area contributed by atoms with Crippen molar-refractivity contribution >= 4 is 0 Å². The first-order chi connectivity index (χ1) is 9.31. The van der Waals surface area contributed by atoms with Gasteiger partial charge in [-0.05, 0) is 18.1 Å². The first-order valence-electron chi connectivity index (χ1n) is 6.61. The minimum absolute atomic E-state index is 0.681. The zero-order valence-corrected chi connectivity index (χ0v) is 11.6. The Kier molecular flexibility index (Phi) is 5.12. The summed E-state index contributed by atoms with van der Waals surface area (Å²) in [4.78, 5) is 4.11.